The van der Waals surface area contributed by atoms with Crippen molar-refractivity contribution in [3.8, 4) is 0 Å². The summed E-state index contributed by atoms with van der Waals surface area (Å²) in [5.74, 6) is 0.527. The Labute approximate surface area is 93.0 Å². The molecule has 4 heteroatoms. The molecule has 1 N–H and O–H groups in total. The maximum Gasteiger partial charge on any atom is 0.236 e. The first-order chi connectivity index (χ1) is 7.25. The number of amidine groups is 1. The zero-order valence-electron chi connectivity index (χ0n) is 8.43. The van der Waals surface area contributed by atoms with Crippen LogP contribution in [0.4, 0.5) is 0 Å². The summed E-state index contributed by atoms with van der Waals surface area (Å²) in [5.41, 5.74) is 1.16. The molecular weight excluding hydrogens is 208 g/mol. The van der Waals surface area contributed by atoms with Crippen LogP contribution in [0.25, 0.3) is 0 Å². The van der Waals surface area contributed by atoms with E-state index < -0.39 is 0 Å². The minimum atomic E-state index is 0.0408. The number of carbonyl (C=O) groups is 1. The number of amides is 1. The molecule has 1 unspecified atom stereocenters. The van der Waals surface area contributed by atoms with Gasteiger partial charge in [0.2, 0.25) is 5.91 Å². The molecule has 1 atom stereocenters. The van der Waals surface area contributed by atoms with Crippen molar-refractivity contribution in [2.45, 2.75) is 13.0 Å². The van der Waals surface area contributed by atoms with Crippen LogP contribution in [-0.4, -0.2) is 16.8 Å². The third-order valence-corrected chi connectivity index (χ3v) is 3.07. The van der Waals surface area contributed by atoms with Gasteiger partial charge in [-0.25, -0.2) is 0 Å². The highest BCUT2D eigenvalue weighted by Crippen LogP contribution is 2.19. The number of benzene rings is 1. The highest BCUT2D eigenvalue weighted by atomic mass is 32.2. The van der Waals surface area contributed by atoms with Crippen molar-refractivity contribution in [3.05, 3.63) is 35.9 Å². The first-order valence-corrected chi connectivity index (χ1v) is 5.79. The Morgan fingerprint density at radius 1 is 1.40 bits per heavy atom. The lowest BCUT2D eigenvalue weighted by atomic mass is 10.1. The molecule has 1 saturated heterocycles. The zero-order chi connectivity index (χ0) is 10.7. The summed E-state index contributed by atoms with van der Waals surface area (Å²) >= 11 is 1.46. The molecule has 78 valence electrons. The van der Waals surface area contributed by atoms with Crippen LogP contribution in [-0.2, 0) is 4.79 Å². The molecule has 1 aliphatic heterocycles. The van der Waals surface area contributed by atoms with E-state index in [-0.39, 0.29) is 11.9 Å². The van der Waals surface area contributed by atoms with Crippen LogP contribution < -0.4 is 5.32 Å². The average molecular weight is 220 g/mol. The van der Waals surface area contributed by atoms with Crippen LogP contribution in [0.1, 0.15) is 18.5 Å². The maximum absolute atomic E-state index is 11.0. The van der Waals surface area contributed by atoms with E-state index in [4.69, 9.17) is 0 Å². The second-order valence-electron chi connectivity index (χ2n) is 3.36. The molecule has 1 aromatic carbocycles. The van der Waals surface area contributed by atoms with Crippen molar-refractivity contribution in [1.82, 2.24) is 5.32 Å². The van der Waals surface area contributed by atoms with Gasteiger partial charge in [0.15, 0.2) is 5.17 Å². The smallest absolute Gasteiger partial charge is 0.236 e. The van der Waals surface area contributed by atoms with Crippen molar-refractivity contribution in [1.29, 1.82) is 0 Å². The van der Waals surface area contributed by atoms with Gasteiger partial charge in [0.05, 0.1) is 11.8 Å². The van der Waals surface area contributed by atoms with Crippen LogP contribution in [0.3, 0.4) is 0 Å². The molecule has 2 rings (SSSR count). The summed E-state index contributed by atoms with van der Waals surface area (Å²) < 4.78 is 0. The Hall–Kier alpha value is -1.29. The number of nitrogens with zero attached hydrogens (tertiary/aromatic N) is 1. The van der Waals surface area contributed by atoms with Crippen molar-refractivity contribution in [2.24, 2.45) is 4.99 Å². The van der Waals surface area contributed by atoms with Gasteiger partial charge in [-0.3, -0.25) is 9.79 Å². The molecule has 0 aromatic heterocycles. The number of hydrogen-bond acceptors (Lipinski definition) is 3. The molecule has 0 radical (unpaired) electrons. The summed E-state index contributed by atoms with van der Waals surface area (Å²) in [6.07, 6.45) is 0. The SMILES string of the molecule is CC(N=C1NC(=O)CS1)c1ccccc1. The Morgan fingerprint density at radius 2 is 2.13 bits per heavy atom. The third-order valence-electron chi connectivity index (χ3n) is 2.18. The fraction of sp³-hybridized carbons (Fsp3) is 0.273. The zero-order valence-corrected chi connectivity index (χ0v) is 9.25. The lowest BCUT2D eigenvalue weighted by molar-refractivity contribution is -0.116. The predicted molar refractivity (Wildman–Crippen MR) is 62.9 cm³/mol. The van der Waals surface area contributed by atoms with Gasteiger partial charge in [-0.15, -0.1) is 0 Å². The number of thioether (sulfide) groups is 1. The fourth-order valence-electron chi connectivity index (χ4n) is 1.38. The molecule has 1 fully saturated rings. The molecule has 1 aromatic rings. The summed E-state index contributed by atoms with van der Waals surface area (Å²) in [6.45, 7) is 2.02. The molecule has 1 aliphatic rings. The first kappa shape index (κ1) is 10.2. The molecule has 1 heterocycles. The van der Waals surface area contributed by atoms with Crippen LogP contribution in [0, 0.1) is 0 Å². The highest BCUT2D eigenvalue weighted by Gasteiger charge is 2.17. The monoisotopic (exact) mass is 220 g/mol. The number of rotatable bonds is 2. The van der Waals surface area contributed by atoms with Gasteiger partial charge >= 0.3 is 0 Å². The van der Waals surface area contributed by atoms with E-state index in [2.05, 4.69) is 10.3 Å². The summed E-state index contributed by atoms with van der Waals surface area (Å²) in [5, 5.41) is 3.46. The van der Waals surface area contributed by atoms with E-state index in [0.717, 1.165) is 10.7 Å². The van der Waals surface area contributed by atoms with E-state index in [9.17, 15) is 4.79 Å². The number of aliphatic imine (C=N–C) groups is 1. The Morgan fingerprint density at radius 3 is 2.73 bits per heavy atom. The molecule has 0 spiro atoms. The summed E-state index contributed by atoms with van der Waals surface area (Å²) in [4.78, 5) is 15.4. The Kier molecular flexibility index (Phi) is 3.06. The van der Waals surface area contributed by atoms with Gasteiger partial charge in [0.25, 0.3) is 0 Å². The van der Waals surface area contributed by atoms with Crippen molar-refractivity contribution >= 4 is 22.8 Å². The maximum atomic E-state index is 11.0. The van der Waals surface area contributed by atoms with Crippen LogP contribution in [0.15, 0.2) is 35.3 Å². The number of carbonyl (C=O) groups excluding carboxylic acids is 1. The number of hydrogen-bond donors (Lipinski definition) is 1. The van der Waals surface area contributed by atoms with E-state index in [0.29, 0.717) is 5.75 Å². The predicted octanol–water partition coefficient (Wildman–Crippen LogP) is 1.97. The molecule has 1 amide bonds. The van der Waals surface area contributed by atoms with Gasteiger partial charge < -0.3 is 5.32 Å². The van der Waals surface area contributed by atoms with E-state index in [1.165, 1.54) is 11.8 Å². The van der Waals surface area contributed by atoms with Crippen LogP contribution in [0.5, 0.6) is 0 Å². The van der Waals surface area contributed by atoms with Gasteiger partial charge in [-0.2, -0.15) is 0 Å². The van der Waals surface area contributed by atoms with Crippen molar-refractivity contribution in [3.63, 3.8) is 0 Å². The first-order valence-electron chi connectivity index (χ1n) is 4.81. The molecular formula is C11H12N2OS. The topological polar surface area (TPSA) is 41.5 Å². The van der Waals surface area contributed by atoms with Crippen LogP contribution in [0.2, 0.25) is 0 Å². The van der Waals surface area contributed by atoms with Gasteiger partial charge in [-0.05, 0) is 12.5 Å². The van der Waals surface area contributed by atoms with Crippen LogP contribution >= 0.6 is 11.8 Å². The minimum absolute atomic E-state index is 0.0408. The minimum Gasteiger partial charge on any atom is -0.305 e. The standard InChI is InChI=1S/C11H12N2OS/c1-8(9-5-3-2-4-6-9)12-11-13-10(14)7-15-11/h2-6,8H,7H2,1H3,(H,12,13,14). The molecule has 0 saturated carbocycles. The van der Waals surface area contributed by atoms with E-state index >= 15 is 0 Å². The van der Waals surface area contributed by atoms with E-state index in [1.54, 1.807) is 0 Å². The second-order valence-corrected chi connectivity index (χ2v) is 4.32. The summed E-state index contributed by atoms with van der Waals surface area (Å²) in [7, 11) is 0. The second kappa shape index (κ2) is 4.49. The third kappa shape index (κ3) is 2.59. The van der Waals surface area contributed by atoms with E-state index in [1.807, 2.05) is 37.3 Å². The van der Waals surface area contributed by atoms with Crippen molar-refractivity contribution in [2.75, 3.05) is 5.75 Å². The van der Waals surface area contributed by atoms with Gasteiger partial charge in [-0.1, -0.05) is 42.1 Å². The van der Waals surface area contributed by atoms with Gasteiger partial charge in [0.1, 0.15) is 0 Å². The molecule has 0 bridgehead atoms. The summed E-state index contributed by atoms with van der Waals surface area (Å²) in [6, 6.07) is 10.1. The highest BCUT2D eigenvalue weighted by molar-refractivity contribution is 8.15. The fourth-order valence-corrected chi connectivity index (χ4v) is 2.14. The largest absolute Gasteiger partial charge is 0.305 e. The molecule has 3 nitrogen and oxygen atoms in total. The number of nitrogens with one attached hydrogen (secondary N) is 1. The Balaban J connectivity index is 2.10. The quantitative estimate of drug-likeness (QED) is 0.828. The van der Waals surface area contributed by atoms with Gasteiger partial charge in [0, 0.05) is 0 Å². The molecule has 15 heavy (non-hydrogen) atoms. The lowest BCUT2D eigenvalue weighted by Gasteiger charge is -2.07. The molecule has 0 aliphatic carbocycles. The normalized spacial score (nSPS) is 20.3. The lowest BCUT2D eigenvalue weighted by Crippen LogP contribution is -2.20. The van der Waals surface area contributed by atoms with Crippen molar-refractivity contribution < 1.29 is 4.79 Å². The Bertz CT molecular complexity index is 389. The average Bonchev–Trinajstić information content (AvgIpc) is 2.65.